The number of amides is 2. The SMILES string of the molecule is CC1(C)C(c2ccc(C(=O)O)cc2)=CC[C@]2(C)CN(C(=O)C3(c4ccccc4)CCN(C(=O)[C@@H]4CCCO4)CC3)CC=C12. The molecule has 2 fully saturated rings. The van der Waals surface area contributed by atoms with Crippen LogP contribution in [0.5, 0.6) is 0 Å². The number of ether oxygens (including phenoxy) is 1. The minimum Gasteiger partial charge on any atom is -0.478 e. The summed E-state index contributed by atoms with van der Waals surface area (Å²) in [4.78, 5) is 43.1. The molecular formula is C36H42N2O5. The summed E-state index contributed by atoms with van der Waals surface area (Å²) in [7, 11) is 0. The van der Waals surface area contributed by atoms with E-state index in [9.17, 15) is 19.5 Å². The highest BCUT2D eigenvalue weighted by atomic mass is 16.5. The molecule has 226 valence electrons. The van der Waals surface area contributed by atoms with Crippen LogP contribution in [0.15, 0.2) is 72.3 Å². The molecular weight excluding hydrogens is 540 g/mol. The molecule has 0 aromatic heterocycles. The largest absolute Gasteiger partial charge is 0.478 e. The molecule has 1 N–H and O–H groups in total. The molecule has 0 bridgehead atoms. The van der Waals surface area contributed by atoms with Gasteiger partial charge in [-0.25, -0.2) is 4.79 Å². The molecule has 7 nitrogen and oxygen atoms in total. The molecule has 6 rings (SSSR count). The number of nitrogens with zero attached hydrogens (tertiary/aromatic N) is 2. The van der Waals surface area contributed by atoms with E-state index in [1.54, 1.807) is 12.1 Å². The van der Waals surface area contributed by atoms with Crippen molar-refractivity contribution in [3.05, 3.63) is 89.0 Å². The smallest absolute Gasteiger partial charge is 0.335 e. The van der Waals surface area contributed by atoms with E-state index in [1.807, 2.05) is 40.1 Å². The van der Waals surface area contributed by atoms with Gasteiger partial charge in [-0.2, -0.15) is 0 Å². The monoisotopic (exact) mass is 582 g/mol. The second-order valence-corrected chi connectivity index (χ2v) is 13.5. The van der Waals surface area contributed by atoms with Gasteiger partial charge in [-0.15, -0.1) is 0 Å². The minimum absolute atomic E-state index is 0.0642. The lowest BCUT2D eigenvalue weighted by atomic mass is 9.58. The molecule has 2 aromatic carbocycles. The third-order valence-electron chi connectivity index (χ3n) is 10.4. The quantitative estimate of drug-likeness (QED) is 0.457. The normalized spacial score (nSPS) is 26.3. The number of allylic oxidation sites excluding steroid dienone is 2. The van der Waals surface area contributed by atoms with Gasteiger partial charge in [0.1, 0.15) is 6.10 Å². The fourth-order valence-electron chi connectivity index (χ4n) is 8.13. The zero-order valence-corrected chi connectivity index (χ0v) is 25.5. The van der Waals surface area contributed by atoms with Gasteiger partial charge in [-0.3, -0.25) is 9.59 Å². The van der Waals surface area contributed by atoms with Crippen LogP contribution < -0.4 is 0 Å². The lowest BCUT2D eigenvalue weighted by Crippen LogP contribution is -2.58. The molecule has 1 aliphatic carbocycles. The first-order valence-corrected chi connectivity index (χ1v) is 15.6. The first kappa shape index (κ1) is 29.4. The lowest BCUT2D eigenvalue weighted by Gasteiger charge is -2.52. The van der Waals surface area contributed by atoms with E-state index in [2.05, 4.69) is 45.1 Å². The van der Waals surface area contributed by atoms with Gasteiger partial charge in [-0.1, -0.05) is 81.0 Å². The van der Waals surface area contributed by atoms with Crippen molar-refractivity contribution in [1.29, 1.82) is 0 Å². The van der Waals surface area contributed by atoms with Crippen molar-refractivity contribution in [2.75, 3.05) is 32.8 Å². The summed E-state index contributed by atoms with van der Waals surface area (Å²) in [5.41, 5.74) is 3.71. The number of fused-ring (bicyclic) bond motifs is 1. The molecule has 4 aliphatic rings. The summed E-state index contributed by atoms with van der Waals surface area (Å²) in [6, 6.07) is 17.3. The Morgan fingerprint density at radius 1 is 0.907 bits per heavy atom. The number of carboxylic acids is 1. The fraction of sp³-hybridized carbons (Fsp3) is 0.472. The number of piperidine rings is 1. The van der Waals surface area contributed by atoms with Crippen molar-refractivity contribution >= 4 is 23.4 Å². The van der Waals surface area contributed by atoms with Gasteiger partial charge in [-0.05, 0) is 60.9 Å². The van der Waals surface area contributed by atoms with Gasteiger partial charge in [0, 0.05) is 43.6 Å². The number of benzene rings is 2. The van der Waals surface area contributed by atoms with Crippen LogP contribution in [0.4, 0.5) is 0 Å². The molecule has 2 aromatic rings. The van der Waals surface area contributed by atoms with Crippen LogP contribution >= 0.6 is 0 Å². The van der Waals surface area contributed by atoms with Crippen molar-refractivity contribution in [2.24, 2.45) is 10.8 Å². The second-order valence-electron chi connectivity index (χ2n) is 13.5. The summed E-state index contributed by atoms with van der Waals surface area (Å²) >= 11 is 0. The molecule has 2 saturated heterocycles. The minimum atomic E-state index is -0.927. The first-order chi connectivity index (χ1) is 20.5. The summed E-state index contributed by atoms with van der Waals surface area (Å²) in [5.74, 6) is -0.713. The van der Waals surface area contributed by atoms with Crippen molar-refractivity contribution < 1.29 is 24.2 Å². The third kappa shape index (κ3) is 5.12. The Labute approximate surface area is 254 Å². The number of carbonyl (C=O) groups excluding carboxylic acids is 2. The van der Waals surface area contributed by atoms with E-state index in [-0.39, 0.29) is 34.3 Å². The summed E-state index contributed by atoms with van der Waals surface area (Å²) in [5, 5.41) is 9.34. The van der Waals surface area contributed by atoms with Crippen LogP contribution in [0, 0.1) is 10.8 Å². The van der Waals surface area contributed by atoms with E-state index in [0.717, 1.165) is 30.4 Å². The Hall–Kier alpha value is -3.71. The van der Waals surface area contributed by atoms with Crippen LogP contribution in [0.1, 0.15) is 74.4 Å². The van der Waals surface area contributed by atoms with Crippen LogP contribution in [0.25, 0.3) is 5.57 Å². The van der Waals surface area contributed by atoms with Crippen molar-refractivity contribution in [1.82, 2.24) is 9.80 Å². The number of likely N-dealkylation sites (tertiary alicyclic amines) is 1. The Morgan fingerprint density at radius 2 is 1.60 bits per heavy atom. The van der Waals surface area contributed by atoms with E-state index < -0.39 is 11.4 Å². The highest BCUT2D eigenvalue weighted by Gasteiger charge is 2.51. The van der Waals surface area contributed by atoms with Gasteiger partial charge in [0.25, 0.3) is 5.91 Å². The van der Waals surface area contributed by atoms with E-state index >= 15 is 0 Å². The number of carbonyl (C=O) groups is 3. The van der Waals surface area contributed by atoms with E-state index in [4.69, 9.17) is 4.74 Å². The highest BCUT2D eigenvalue weighted by Crippen LogP contribution is 2.55. The van der Waals surface area contributed by atoms with Gasteiger partial charge in [0.05, 0.1) is 11.0 Å². The molecule has 3 heterocycles. The van der Waals surface area contributed by atoms with Crippen LogP contribution in [0.2, 0.25) is 0 Å². The summed E-state index contributed by atoms with van der Waals surface area (Å²) in [6.45, 7) is 9.65. The van der Waals surface area contributed by atoms with Gasteiger partial charge in [0.15, 0.2) is 0 Å². The molecule has 0 unspecified atom stereocenters. The Kier molecular flexibility index (Phi) is 7.57. The first-order valence-electron chi connectivity index (χ1n) is 15.6. The average molecular weight is 583 g/mol. The molecule has 0 saturated carbocycles. The number of hydrogen-bond acceptors (Lipinski definition) is 4. The molecule has 7 heteroatoms. The predicted molar refractivity (Wildman–Crippen MR) is 165 cm³/mol. The number of hydrogen-bond donors (Lipinski definition) is 1. The van der Waals surface area contributed by atoms with Crippen LogP contribution in [0.3, 0.4) is 0 Å². The fourth-order valence-corrected chi connectivity index (χ4v) is 8.13. The maximum atomic E-state index is 14.7. The van der Waals surface area contributed by atoms with E-state index in [0.29, 0.717) is 45.6 Å². The highest BCUT2D eigenvalue weighted by molar-refractivity contribution is 5.90. The number of aromatic carboxylic acids is 1. The van der Waals surface area contributed by atoms with Gasteiger partial charge in [0.2, 0.25) is 5.91 Å². The summed E-state index contributed by atoms with van der Waals surface area (Å²) < 4.78 is 5.67. The number of rotatable bonds is 5. The Bertz CT molecular complexity index is 1460. The molecule has 2 amide bonds. The molecule has 2 atom stereocenters. The third-order valence-corrected chi connectivity index (χ3v) is 10.4. The average Bonchev–Trinajstić information content (AvgIpc) is 3.56. The molecule has 43 heavy (non-hydrogen) atoms. The van der Waals surface area contributed by atoms with Crippen LogP contribution in [-0.2, 0) is 19.7 Å². The van der Waals surface area contributed by atoms with Gasteiger partial charge >= 0.3 is 5.97 Å². The summed E-state index contributed by atoms with van der Waals surface area (Å²) in [6.07, 6.45) is 7.89. The Morgan fingerprint density at radius 3 is 2.23 bits per heavy atom. The molecule has 0 spiro atoms. The maximum Gasteiger partial charge on any atom is 0.335 e. The topological polar surface area (TPSA) is 87.2 Å². The van der Waals surface area contributed by atoms with Crippen molar-refractivity contribution in [3.63, 3.8) is 0 Å². The van der Waals surface area contributed by atoms with Crippen molar-refractivity contribution in [2.45, 2.75) is 64.4 Å². The molecule has 3 aliphatic heterocycles. The Balaban J connectivity index is 1.25. The molecule has 0 radical (unpaired) electrons. The second kappa shape index (κ2) is 11.1. The zero-order valence-electron chi connectivity index (χ0n) is 25.5. The lowest BCUT2D eigenvalue weighted by molar-refractivity contribution is -0.148. The number of carboxylic acid groups (broad SMARTS) is 1. The predicted octanol–water partition coefficient (Wildman–Crippen LogP) is 5.71. The van der Waals surface area contributed by atoms with Crippen LogP contribution in [-0.4, -0.2) is 71.6 Å². The van der Waals surface area contributed by atoms with E-state index in [1.165, 1.54) is 11.1 Å². The zero-order chi connectivity index (χ0) is 30.4. The van der Waals surface area contributed by atoms with Crippen molar-refractivity contribution in [3.8, 4) is 0 Å². The maximum absolute atomic E-state index is 14.7. The van der Waals surface area contributed by atoms with Gasteiger partial charge < -0.3 is 19.6 Å². The standard InChI is InChI=1S/C36H42N2O5/c1-34(2)28(25-11-13-26(14-12-25)32(40)41)15-17-35(3)24-38(20-16-30(34)35)33(42)36(27-8-5-4-6-9-27)18-21-37(22-19-36)31(39)29-10-7-23-43-29/h4-6,8-9,11-16,29H,7,10,17-24H2,1-3H3,(H,40,41)/t29-,35+/m0/s1.